The predicted molar refractivity (Wildman–Crippen MR) is 71.7 cm³/mol. The van der Waals surface area contributed by atoms with E-state index in [9.17, 15) is 5.11 Å². The summed E-state index contributed by atoms with van der Waals surface area (Å²) >= 11 is 0. The second kappa shape index (κ2) is 5.96. The van der Waals surface area contributed by atoms with Crippen LogP contribution in [0.15, 0.2) is 24.5 Å². The zero-order valence-corrected chi connectivity index (χ0v) is 11.1. The Morgan fingerprint density at radius 2 is 2.16 bits per heavy atom. The predicted octanol–water partition coefficient (Wildman–Crippen LogP) is -0.0411. The number of morpholine rings is 1. The molecule has 1 aromatic heterocycles. The Kier molecular flexibility index (Phi) is 4.08. The first-order valence-electron chi connectivity index (χ1n) is 6.94. The van der Waals surface area contributed by atoms with Gasteiger partial charge in [-0.05, 0) is 11.6 Å². The van der Waals surface area contributed by atoms with Gasteiger partial charge in [0.1, 0.15) is 0 Å². The zero-order valence-electron chi connectivity index (χ0n) is 11.1. The zero-order chi connectivity index (χ0) is 13.1. The molecule has 1 aromatic rings. The highest BCUT2D eigenvalue weighted by Gasteiger charge is 2.35. The minimum Gasteiger partial charge on any atom is -0.390 e. The van der Waals surface area contributed by atoms with E-state index in [1.54, 1.807) is 6.20 Å². The molecular weight excluding hydrogens is 242 g/mol. The molecule has 0 unspecified atom stereocenters. The smallest absolute Gasteiger partial charge is 0.0834 e. The number of aromatic nitrogens is 1. The van der Waals surface area contributed by atoms with E-state index in [2.05, 4.69) is 20.9 Å². The Morgan fingerprint density at radius 1 is 1.32 bits per heavy atom. The Balaban J connectivity index is 1.58. The number of rotatable bonds is 3. The van der Waals surface area contributed by atoms with Crippen molar-refractivity contribution in [3.8, 4) is 0 Å². The summed E-state index contributed by atoms with van der Waals surface area (Å²) in [6, 6.07) is 4.29. The minimum atomic E-state index is -0.255. The molecule has 2 aliphatic rings. The van der Waals surface area contributed by atoms with E-state index in [0.717, 1.165) is 45.9 Å². The van der Waals surface area contributed by atoms with E-state index in [1.807, 2.05) is 12.3 Å². The van der Waals surface area contributed by atoms with Crippen molar-refractivity contribution in [2.75, 3.05) is 39.4 Å². The molecule has 0 aliphatic carbocycles. The molecule has 2 aliphatic heterocycles. The summed E-state index contributed by atoms with van der Waals surface area (Å²) in [7, 11) is 0. The monoisotopic (exact) mass is 263 g/mol. The average Bonchev–Trinajstić information content (AvgIpc) is 2.82. The minimum absolute atomic E-state index is 0.251. The van der Waals surface area contributed by atoms with Crippen molar-refractivity contribution in [3.05, 3.63) is 30.1 Å². The molecule has 1 N–H and O–H groups in total. The van der Waals surface area contributed by atoms with Gasteiger partial charge in [-0.15, -0.1) is 0 Å². The number of hydrogen-bond acceptors (Lipinski definition) is 5. The molecule has 0 radical (unpaired) electrons. The molecular formula is C14H21N3O2. The lowest BCUT2D eigenvalue weighted by molar-refractivity contribution is -0.00618. The van der Waals surface area contributed by atoms with Crippen molar-refractivity contribution >= 4 is 0 Å². The summed E-state index contributed by atoms with van der Waals surface area (Å²) in [5.41, 5.74) is 1.21. The van der Waals surface area contributed by atoms with Crippen LogP contribution < -0.4 is 0 Å². The molecule has 5 heteroatoms. The third kappa shape index (κ3) is 3.12. The Bertz CT molecular complexity index is 395. The van der Waals surface area contributed by atoms with Crippen LogP contribution in [0.3, 0.4) is 0 Å². The first-order chi connectivity index (χ1) is 9.33. The normalized spacial score (nSPS) is 29.7. The molecule has 104 valence electrons. The van der Waals surface area contributed by atoms with Crippen LogP contribution in [0.1, 0.15) is 5.56 Å². The highest BCUT2D eigenvalue weighted by molar-refractivity contribution is 5.09. The van der Waals surface area contributed by atoms with Gasteiger partial charge >= 0.3 is 0 Å². The molecule has 2 saturated heterocycles. The first-order valence-corrected chi connectivity index (χ1v) is 6.94. The number of hydrogen-bond donors (Lipinski definition) is 1. The van der Waals surface area contributed by atoms with Gasteiger partial charge in [0.15, 0.2) is 0 Å². The fraction of sp³-hybridized carbons (Fsp3) is 0.643. The summed E-state index contributed by atoms with van der Waals surface area (Å²) in [5.74, 6) is 0. The number of aliphatic hydroxyl groups is 1. The van der Waals surface area contributed by atoms with Gasteiger partial charge in [0, 0.05) is 51.2 Å². The van der Waals surface area contributed by atoms with Crippen LogP contribution in [-0.2, 0) is 11.3 Å². The van der Waals surface area contributed by atoms with Crippen LogP contribution in [0.4, 0.5) is 0 Å². The van der Waals surface area contributed by atoms with Crippen molar-refractivity contribution in [3.63, 3.8) is 0 Å². The maximum atomic E-state index is 10.2. The molecule has 0 bridgehead atoms. The molecule has 0 spiro atoms. The number of aliphatic hydroxyl groups excluding tert-OH is 1. The van der Waals surface area contributed by atoms with E-state index in [-0.39, 0.29) is 12.1 Å². The molecule has 3 rings (SSSR count). The molecule has 2 atom stereocenters. The van der Waals surface area contributed by atoms with E-state index in [0.29, 0.717) is 0 Å². The fourth-order valence-corrected chi connectivity index (χ4v) is 2.99. The molecule has 0 saturated carbocycles. The van der Waals surface area contributed by atoms with Gasteiger partial charge in [-0.3, -0.25) is 14.8 Å². The Hall–Kier alpha value is -1.01. The Labute approximate surface area is 113 Å². The number of ether oxygens (including phenoxy) is 1. The van der Waals surface area contributed by atoms with Crippen molar-refractivity contribution in [2.45, 2.75) is 18.7 Å². The number of pyridine rings is 1. The number of nitrogens with zero attached hydrogens (tertiary/aromatic N) is 3. The lowest BCUT2D eigenvalue weighted by Crippen LogP contribution is -2.48. The SMILES string of the molecule is O[C@H]1CN(Cc2cccnc2)C[C@@H]1N1CCOCC1. The highest BCUT2D eigenvalue weighted by atomic mass is 16.5. The quantitative estimate of drug-likeness (QED) is 0.829. The van der Waals surface area contributed by atoms with Crippen molar-refractivity contribution < 1.29 is 9.84 Å². The summed E-state index contributed by atoms with van der Waals surface area (Å²) < 4.78 is 5.37. The van der Waals surface area contributed by atoms with Gasteiger partial charge in [-0.2, -0.15) is 0 Å². The maximum Gasteiger partial charge on any atom is 0.0834 e. The topological polar surface area (TPSA) is 48.8 Å². The van der Waals surface area contributed by atoms with Gasteiger partial charge in [-0.1, -0.05) is 6.07 Å². The van der Waals surface area contributed by atoms with Gasteiger partial charge in [0.25, 0.3) is 0 Å². The largest absolute Gasteiger partial charge is 0.390 e. The lowest BCUT2D eigenvalue weighted by atomic mass is 10.1. The second-order valence-electron chi connectivity index (χ2n) is 5.34. The van der Waals surface area contributed by atoms with Crippen molar-refractivity contribution in [1.29, 1.82) is 0 Å². The third-order valence-corrected chi connectivity index (χ3v) is 3.98. The molecule has 0 aromatic carbocycles. The van der Waals surface area contributed by atoms with Crippen LogP contribution in [-0.4, -0.2) is 71.4 Å². The number of likely N-dealkylation sites (tertiary alicyclic amines) is 1. The van der Waals surface area contributed by atoms with E-state index in [4.69, 9.17) is 4.74 Å². The van der Waals surface area contributed by atoms with E-state index in [1.165, 1.54) is 5.56 Å². The van der Waals surface area contributed by atoms with Gasteiger partial charge in [0.2, 0.25) is 0 Å². The summed E-state index contributed by atoms with van der Waals surface area (Å²) in [6.45, 7) is 5.97. The first kappa shape index (κ1) is 13.0. The fourth-order valence-electron chi connectivity index (χ4n) is 2.99. The van der Waals surface area contributed by atoms with E-state index >= 15 is 0 Å². The van der Waals surface area contributed by atoms with Crippen LogP contribution in [0, 0.1) is 0 Å². The molecule has 3 heterocycles. The molecule has 19 heavy (non-hydrogen) atoms. The standard InChI is InChI=1S/C14H21N3O2/c18-14-11-16(9-12-2-1-3-15-8-12)10-13(14)17-4-6-19-7-5-17/h1-3,8,13-14,18H,4-7,9-11H2/t13-,14-/m0/s1. The van der Waals surface area contributed by atoms with Crippen LogP contribution in [0.5, 0.6) is 0 Å². The van der Waals surface area contributed by atoms with Crippen molar-refractivity contribution in [2.24, 2.45) is 0 Å². The molecule has 0 amide bonds. The number of β-amino-alcohol motifs (C(OH)–C–C–N with tert-alkyl or cyclic N) is 1. The van der Waals surface area contributed by atoms with Crippen LogP contribution in [0.25, 0.3) is 0 Å². The summed E-state index contributed by atoms with van der Waals surface area (Å²) in [5, 5.41) is 10.2. The second-order valence-corrected chi connectivity index (χ2v) is 5.34. The Morgan fingerprint density at radius 3 is 2.89 bits per heavy atom. The van der Waals surface area contributed by atoms with Crippen molar-refractivity contribution in [1.82, 2.24) is 14.8 Å². The van der Waals surface area contributed by atoms with Crippen LogP contribution >= 0.6 is 0 Å². The maximum absolute atomic E-state index is 10.2. The van der Waals surface area contributed by atoms with E-state index < -0.39 is 0 Å². The van der Waals surface area contributed by atoms with Gasteiger partial charge in [0.05, 0.1) is 19.3 Å². The summed E-state index contributed by atoms with van der Waals surface area (Å²) in [4.78, 5) is 8.80. The van der Waals surface area contributed by atoms with Gasteiger partial charge < -0.3 is 9.84 Å². The van der Waals surface area contributed by atoms with Crippen LogP contribution in [0.2, 0.25) is 0 Å². The third-order valence-electron chi connectivity index (χ3n) is 3.98. The lowest BCUT2D eigenvalue weighted by Gasteiger charge is -2.33. The highest BCUT2D eigenvalue weighted by Crippen LogP contribution is 2.19. The summed E-state index contributed by atoms with van der Waals surface area (Å²) in [6.07, 6.45) is 3.43. The average molecular weight is 263 g/mol. The van der Waals surface area contributed by atoms with Gasteiger partial charge in [-0.25, -0.2) is 0 Å². The molecule has 5 nitrogen and oxygen atoms in total. The molecule has 2 fully saturated rings.